The molecule has 0 fully saturated rings. The van der Waals surface area contributed by atoms with Crippen LogP contribution in [0.2, 0.25) is 0 Å². The summed E-state index contributed by atoms with van der Waals surface area (Å²) in [6.07, 6.45) is 1.69. The average molecular weight is 220 g/mol. The quantitative estimate of drug-likeness (QED) is 0.718. The van der Waals surface area contributed by atoms with E-state index in [0.29, 0.717) is 13.2 Å². The number of hydrogen-bond donors (Lipinski definition) is 0. The molecule has 1 heterocycles. The lowest BCUT2D eigenvalue weighted by Gasteiger charge is -2.14. The van der Waals surface area contributed by atoms with Crippen LogP contribution in [0.4, 0.5) is 0 Å². The summed E-state index contributed by atoms with van der Waals surface area (Å²) < 4.78 is 10.7. The standard InChI is InChI=1S/C13H16O3/c1-2-15-13(14)11-7-5-9-16-12-8-4-3-6-10(11)12/h3-4,6,8,11H,2,5,7,9H2,1H3. The third-order valence-electron chi connectivity index (χ3n) is 2.76. The molecule has 3 heteroatoms. The van der Waals surface area contributed by atoms with Gasteiger partial charge in [0.15, 0.2) is 0 Å². The fraction of sp³-hybridized carbons (Fsp3) is 0.462. The zero-order valence-corrected chi connectivity index (χ0v) is 9.44. The fourth-order valence-corrected chi connectivity index (χ4v) is 2.01. The van der Waals surface area contributed by atoms with E-state index in [4.69, 9.17) is 9.47 Å². The lowest BCUT2D eigenvalue weighted by Crippen LogP contribution is -2.15. The van der Waals surface area contributed by atoms with Crippen LogP contribution in [0.15, 0.2) is 24.3 Å². The molecule has 0 aromatic heterocycles. The molecule has 1 aliphatic rings. The third-order valence-corrected chi connectivity index (χ3v) is 2.76. The molecule has 1 atom stereocenters. The van der Waals surface area contributed by atoms with Gasteiger partial charge in [-0.3, -0.25) is 4.79 Å². The fourth-order valence-electron chi connectivity index (χ4n) is 2.01. The molecule has 1 unspecified atom stereocenters. The Bertz CT molecular complexity index is 373. The maximum Gasteiger partial charge on any atom is 0.313 e. The molecule has 1 aliphatic heterocycles. The van der Waals surface area contributed by atoms with Crippen LogP contribution in [0.1, 0.15) is 31.2 Å². The van der Waals surface area contributed by atoms with Crippen molar-refractivity contribution in [2.24, 2.45) is 0 Å². The molecule has 1 aromatic carbocycles. The van der Waals surface area contributed by atoms with E-state index >= 15 is 0 Å². The van der Waals surface area contributed by atoms with Gasteiger partial charge in [-0.2, -0.15) is 0 Å². The van der Waals surface area contributed by atoms with Crippen LogP contribution in [-0.2, 0) is 9.53 Å². The average Bonchev–Trinajstić information content (AvgIpc) is 2.51. The van der Waals surface area contributed by atoms with Crippen molar-refractivity contribution >= 4 is 5.97 Å². The van der Waals surface area contributed by atoms with Crippen LogP contribution < -0.4 is 4.74 Å². The highest BCUT2D eigenvalue weighted by atomic mass is 16.5. The van der Waals surface area contributed by atoms with Crippen LogP contribution in [0.5, 0.6) is 5.75 Å². The summed E-state index contributed by atoms with van der Waals surface area (Å²) in [5.74, 6) is 0.511. The molecule has 0 aliphatic carbocycles. The van der Waals surface area contributed by atoms with E-state index in [1.54, 1.807) is 0 Å². The van der Waals surface area contributed by atoms with Crippen molar-refractivity contribution in [2.45, 2.75) is 25.7 Å². The van der Waals surface area contributed by atoms with Crippen molar-refractivity contribution in [3.05, 3.63) is 29.8 Å². The molecule has 0 amide bonds. The number of fused-ring (bicyclic) bond motifs is 1. The second-order valence-corrected chi connectivity index (χ2v) is 3.83. The Kier molecular flexibility index (Phi) is 3.44. The SMILES string of the molecule is CCOC(=O)C1CCCOc2ccccc21. The van der Waals surface area contributed by atoms with E-state index in [9.17, 15) is 4.79 Å². The molecule has 86 valence electrons. The van der Waals surface area contributed by atoms with Gasteiger partial charge in [0.2, 0.25) is 0 Å². The molecule has 0 bridgehead atoms. The Hall–Kier alpha value is -1.51. The minimum atomic E-state index is -0.168. The molecule has 0 N–H and O–H groups in total. The number of carbonyl (C=O) groups excluding carboxylic acids is 1. The molecule has 0 radical (unpaired) electrons. The Morgan fingerprint density at radius 2 is 2.31 bits per heavy atom. The minimum absolute atomic E-state index is 0.138. The first-order chi connectivity index (χ1) is 7.83. The zero-order chi connectivity index (χ0) is 11.4. The Balaban J connectivity index is 2.28. The Labute approximate surface area is 95.4 Å². The van der Waals surface area contributed by atoms with Gasteiger partial charge in [-0.25, -0.2) is 0 Å². The number of hydrogen-bond acceptors (Lipinski definition) is 3. The largest absolute Gasteiger partial charge is 0.493 e. The highest BCUT2D eigenvalue weighted by Crippen LogP contribution is 2.33. The van der Waals surface area contributed by atoms with Crippen molar-refractivity contribution in [3.63, 3.8) is 0 Å². The van der Waals surface area contributed by atoms with Gasteiger partial charge in [-0.15, -0.1) is 0 Å². The number of esters is 1. The van der Waals surface area contributed by atoms with E-state index < -0.39 is 0 Å². The summed E-state index contributed by atoms with van der Waals surface area (Å²) in [7, 11) is 0. The molecule has 3 nitrogen and oxygen atoms in total. The van der Waals surface area contributed by atoms with Crippen LogP contribution in [0, 0.1) is 0 Å². The lowest BCUT2D eigenvalue weighted by atomic mass is 9.94. The minimum Gasteiger partial charge on any atom is -0.493 e. The summed E-state index contributed by atoms with van der Waals surface area (Å²) in [5.41, 5.74) is 0.957. The first-order valence-electron chi connectivity index (χ1n) is 5.71. The molecular weight excluding hydrogens is 204 g/mol. The summed E-state index contributed by atoms with van der Waals surface area (Å²) in [6, 6.07) is 7.71. The van der Waals surface area contributed by atoms with Crippen LogP contribution in [0.3, 0.4) is 0 Å². The zero-order valence-electron chi connectivity index (χ0n) is 9.44. The van der Waals surface area contributed by atoms with E-state index in [-0.39, 0.29) is 11.9 Å². The van der Waals surface area contributed by atoms with Crippen LogP contribution in [-0.4, -0.2) is 19.2 Å². The highest BCUT2D eigenvalue weighted by Gasteiger charge is 2.26. The number of benzene rings is 1. The molecule has 1 aromatic rings. The van der Waals surface area contributed by atoms with E-state index in [1.165, 1.54) is 0 Å². The van der Waals surface area contributed by atoms with Gasteiger partial charge in [0.25, 0.3) is 0 Å². The highest BCUT2D eigenvalue weighted by molar-refractivity contribution is 5.79. The van der Waals surface area contributed by atoms with Gasteiger partial charge in [0.1, 0.15) is 5.75 Å². The Morgan fingerprint density at radius 3 is 3.12 bits per heavy atom. The van der Waals surface area contributed by atoms with E-state index in [2.05, 4.69) is 0 Å². The summed E-state index contributed by atoms with van der Waals surface area (Å²) in [6.45, 7) is 2.93. The molecular formula is C13H16O3. The molecule has 2 rings (SSSR count). The maximum atomic E-state index is 11.8. The van der Waals surface area contributed by atoms with Gasteiger partial charge < -0.3 is 9.47 Å². The maximum absolute atomic E-state index is 11.8. The van der Waals surface area contributed by atoms with Crippen molar-refractivity contribution in [1.29, 1.82) is 0 Å². The first kappa shape index (κ1) is 11.0. The number of para-hydroxylation sites is 1. The Morgan fingerprint density at radius 1 is 1.50 bits per heavy atom. The molecule has 0 spiro atoms. The van der Waals surface area contributed by atoms with Gasteiger partial charge in [0.05, 0.1) is 19.1 Å². The second kappa shape index (κ2) is 5.01. The number of ether oxygens (including phenoxy) is 2. The van der Waals surface area contributed by atoms with Crippen LogP contribution >= 0.6 is 0 Å². The molecule has 0 saturated carbocycles. The summed E-state index contributed by atoms with van der Waals surface area (Å²) >= 11 is 0. The molecule has 16 heavy (non-hydrogen) atoms. The van der Waals surface area contributed by atoms with Crippen molar-refractivity contribution in [1.82, 2.24) is 0 Å². The smallest absolute Gasteiger partial charge is 0.313 e. The molecule has 0 saturated heterocycles. The van der Waals surface area contributed by atoms with E-state index in [1.807, 2.05) is 31.2 Å². The number of carbonyl (C=O) groups is 1. The predicted octanol–water partition coefficient (Wildman–Crippen LogP) is 2.51. The first-order valence-corrected chi connectivity index (χ1v) is 5.71. The lowest BCUT2D eigenvalue weighted by molar-refractivity contribution is -0.145. The van der Waals surface area contributed by atoms with Crippen LogP contribution in [0.25, 0.3) is 0 Å². The third kappa shape index (κ3) is 2.18. The summed E-state index contributed by atoms with van der Waals surface area (Å²) in [4.78, 5) is 11.8. The van der Waals surface area contributed by atoms with Crippen molar-refractivity contribution in [2.75, 3.05) is 13.2 Å². The van der Waals surface area contributed by atoms with Crippen molar-refractivity contribution < 1.29 is 14.3 Å². The van der Waals surface area contributed by atoms with Crippen molar-refractivity contribution in [3.8, 4) is 5.75 Å². The topological polar surface area (TPSA) is 35.5 Å². The van der Waals surface area contributed by atoms with Gasteiger partial charge in [-0.05, 0) is 25.8 Å². The summed E-state index contributed by atoms with van der Waals surface area (Å²) in [5, 5.41) is 0. The predicted molar refractivity (Wildman–Crippen MR) is 60.5 cm³/mol. The van der Waals surface area contributed by atoms with Gasteiger partial charge in [-0.1, -0.05) is 18.2 Å². The number of rotatable bonds is 2. The van der Waals surface area contributed by atoms with E-state index in [0.717, 1.165) is 24.2 Å². The van der Waals surface area contributed by atoms with Gasteiger partial charge >= 0.3 is 5.97 Å². The monoisotopic (exact) mass is 220 g/mol. The second-order valence-electron chi connectivity index (χ2n) is 3.83. The normalized spacial score (nSPS) is 19.2. The van der Waals surface area contributed by atoms with Gasteiger partial charge in [0, 0.05) is 5.56 Å².